The molecule has 7 heavy (non-hydrogen) atoms. The molecule has 0 aliphatic heterocycles. The Morgan fingerprint density at radius 2 is 1.57 bits per heavy atom. The van der Waals surface area contributed by atoms with Gasteiger partial charge in [-0.15, -0.1) is 0 Å². The Kier molecular flexibility index (Phi) is 5.21. The molecule has 0 unspecified atom stereocenters. The monoisotopic (exact) mass is 107 g/mol. The summed E-state index contributed by atoms with van der Waals surface area (Å²) in [7, 11) is 0. The van der Waals surface area contributed by atoms with Gasteiger partial charge in [0.05, 0.1) is 6.07 Å². The molecule has 0 aromatic carbocycles. The molecule has 1 nitrogen and oxygen atoms in total. The van der Waals surface area contributed by atoms with Crippen LogP contribution in [0, 0.1) is 16.7 Å². The van der Waals surface area contributed by atoms with E-state index in [9.17, 15) is 0 Å². The summed E-state index contributed by atoms with van der Waals surface area (Å²) in [5.74, 6) is 0. The minimum atomic E-state index is -0.153. The minimum absolute atomic E-state index is 0. The van der Waals surface area contributed by atoms with Crippen molar-refractivity contribution in [1.29, 1.82) is 5.26 Å². The predicted molar refractivity (Wildman–Crippen MR) is 26.2 cm³/mol. The zero-order valence-corrected chi connectivity index (χ0v) is 7.45. The van der Waals surface area contributed by atoms with Gasteiger partial charge in [-0.1, -0.05) is 0 Å². The first kappa shape index (κ1) is 10.5. The molecule has 0 saturated heterocycles. The normalized spacial score (nSPS) is 8.86. The SMILES string of the molecule is CC(C)(C)C#N.[H-].[Na+]. The summed E-state index contributed by atoms with van der Waals surface area (Å²) in [6, 6.07) is 2.10. The average molecular weight is 107 g/mol. The van der Waals surface area contributed by atoms with E-state index in [2.05, 4.69) is 6.07 Å². The number of hydrogen-bond acceptors (Lipinski definition) is 1. The van der Waals surface area contributed by atoms with Crippen LogP contribution in [0.5, 0.6) is 0 Å². The van der Waals surface area contributed by atoms with Gasteiger partial charge in [0, 0.05) is 5.41 Å². The van der Waals surface area contributed by atoms with E-state index in [1.54, 1.807) is 0 Å². The van der Waals surface area contributed by atoms with Crippen molar-refractivity contribution in [3.05, 3.63) is 0 Å². The van der Waals surface area contributed by atoms with Crippen LogP contribution in [0.15, 0.2) is 0 Å². The van der Waals surface area contributed by atoms with Gasteiger partial charge >= 0.3 is 29.6 Å². The van der Waals surface area contributed by atoms with Crippen molar-refractivity contribution in [2.24, 2.45) is 5.41 Å². The topological polar surface area (TPSA) is 23.8 Å². The maximum Gasteiger partial charge on any atom is 1.00 e. The maximum absolute atomic E-state index is 8.15. The molecule has 0 rings (SSSR count). The van der Waals surface area contributed by atoms with Gasteiger partial charge in [0.1, 0.15) is 0 Å². The average Bonchev–Trinajstić information content (AvgIpc) is 1.35. The quantitative estimate of drug-likeness (QED) is 0.352. The molecule has 0 saturated carbocycles. The van der Waals surface area contributed by atoms with Crippen molar-refractivity contribution in [3.63, 3.8) is 0 Å². The van der Waals surface area contributed by atoms with Crippen LogP contribution in [0.3, 0.4) is 0 Å². The Balaban J connectivity index is -0.000000125. The van der Waals surface area contributed by atoms with Crippen LogP contribution in [-0.4, -0.2) is 0 Å². The van der Waals surface area contributed by atoms with Crippen molar-refractivity contribution in [3.8, 4) is 6.07 Å². The number of hydrogen-bond donors (Lipinski definition) is 0. The minimum Gasteiger partial charge on any atom is -1.00 e. The Morgan fingerprint density at radius 3 is 1.57 bits per heavy atom. The van der Waals surface area contributed by atoms with Gasteiger partial charge in [-0.2, -0.15) is 5.26 Å². The van der Waals surface area contributed by atoms with Crippen LogP contribution in [0.2, 0.25) is 0 Å². The van der Waals surface area contributed by atoms with Crippen LogP contribution >= 0.6 is 0 Å². The number of rotatable bonds is 0. The summed E-state index contributed by atoms with van der Waals surface area (Å²) in [4.78, 5) is 0. The van der Waals surface area contributed by atoms with E-state index in [4.69, 9.17) is 5.26 Å². The Morgan fingerprint density at radius 1 is 1.43 bits per heavy atom. The van der Waals surface area contributed by atoms with Crippen LogP contribution in [0.25, 0.3) is 0 Å². The zero-order valence-electron chi connectivity index (χ0n) is 6.45. The molecular weight excluding hydrogens is 97.1 g/mol. The fourth-order valence-electron chi connectivity index (χ4n) is 0. The second-order valence-corrected chi connectivity index (χ2v) is 2.36. The molecule has 0 aliphatic carbocycles. The van der Waals surface area contributed by atoms with Gasteiger partial charge in [0.15, 0.2) is 0 Å². The molecular formula is C5H10NNa. The molecule has 2 heteroatoms. The van der Waals surface area contributed by atoms with Crippen LogP contribution in [0.1, 0.15) is 22.2 Å². The van der Waals surface area contributed by atoms with E-state index in [0.717, 1.165) is 0 Å². The predicted octanol–water partition coefficient (Wildman–Crippen LogP) is -1.33. The van der Waals surface area contributed by atoms with Crippen molar-refractivity contribution in [2.75, 3.05) is 0 Å². The van der Waals surface area contributed by atoms with E-state index in [1.807, 2.05) is 20.8 Å². The molecule has 0 bridgehead atoms. The van der Waals surface area contributed by atoms with Gasteiger partial charge in [0.25, 0.3) is 0 Å². The first-order valence-electron chi connectivity index (χ1n) is 1.97. The van der Waals surface area contributed by atoms with E-state index < -0.39 is 0 Å². The van der Waals surface area contributed by atoms with Crippen molar-refractivity contribution in [1.82, 2.24) is 0 Å². The summed E-state index contributed by atoms with van der Waals surface area (Å²) in [5, 5.41) is 8.15. The Hall–Kier alpha value is 0.490. The van der Waals surface area contributed by atoms with Crippen molar-refractivity contribution >= 4 is 0 Å². The van der Waals surface area contributed by atoms with Crippen molar-refractivity contribution in [2.45, 2.75) is 20.8 Å². The molecule has 0 aromatic heterocycles. The van der Waals surface area contributed by atoms with Gasteiger partial charge in [-0.3, -0.25) is 0 Å². The molecule has 0 N–H and O–H groups in total. The van der Waals surface area contributed by atoms with Gasteiger partial charge in [0.2, 0.25) is 0 Å². The van der Waals surface area contributed by atoms with Gasteiger partial charge < -0.3 is 1.43 Å². The fraction of sp³-hybridized carbons (Fsp3) is 0.800. The van der Waals surface area contributed by atoms with Crippen LogP contribution in [0.4, 0.5) is 0 Å². The van der Waals surface area contributed by atoms with E-state index in [-0.39, 0.29) is 36.4 Å². The summed E-state index contributed by atoms with van der Waals surface area (Å²) in [5.41, 5.74) is -0.153. The molecule has 0 fully saturated rings. The van der Waals surface area contributed by atoms with E-state index in [1.165, 1.54) is 0 Å². The molecule has 0 spiro atoms. The molecule has 0 amide bonds. The molecule has 0 atom stereocenters. The standard InChI is InChI=1S/C5H9N.Na.H/c1-5(2,3)4-6;;/h1-3H3;;/q;+1;-1. The smallest absolute Gasteiger partial charge is 1.00 e. The van der Waals surface area contributed by atoms with Gasteiger partial charge in [-0.25, -0.2) is 0 Å². The largest absolute Gasteiger partial charge is 1.00 e. The summed E-state index contributed by atoms with van der Waals surface area (Å²) >= 11 is 0. The summed E-state index contributed by atoms with van der Waals surface area (Å²) in [6.45, 7) is 5.65. The first-order chi connectivity index (χ1) is 2.56. The van der Waals surface area contributed by atoms with Crippen LogP contribution < -0.4 is 29.6 Å². The molecule has 0 heterocycles. The third-order valence-electron chi connectivity index (χ3n) is 0.335. The molecule has 36 valence electrons. The van der Waals surface area contributed by atoms with Crippen LogP contribution in [-0.2, 0) is 0 Å². The second-order valence-electron chi connectivity index (χ2n) is 2.36. The molecule has 0 aromatic rings. The fourth-order valence-corrected chi connectivity index (χ4v) is 0. The number of nitriles is 1. The van der Waals surface area contributed by atoms with Gasteiger partial charge in [-0.05, 0) is 20.8 Å². The summed E-state index contributed by atoms with van der Waals surface area (Å²) in [6.07, 6.45) is 0. The third-order valence-corrected chi connectivity index (χ3v) is 0.335. The Labute approximate surface area is 68.5 Å². The summed E-state index contributed by atoms with van der Waals surface area (Å²) < 4.78 is 0. The third kappa shape index (κ3) is 10.7. The maximum atomic E-state index is 8.15. The number of nitrogens with zero attached hydrogens (tertiary/aromatic N) is 1. The van der Waals surface area contributed by atoms with E-state index in [0.29, 0.717) is 0 Å². The zero-order chi connectivity index (χ0) is 5.21. The Bertz CT molecular complexity index is 79.4. The van der Waals surface area contributed by atoms with E-state index >= 15 is 0 Å². The second kappa shape index (κ2) is 3.49. The molecule has 0 aliphatic rings. The first-order valence-corrected chi connectivity index (χ1v) is 1.97. The van der Waals surface area contributed by atoms with Crippen molar-refractivity contribution < 1.29 is 31.0 Å². The molecule has 0 radical (unpaired) electrons.